The quantitative estimate of drug-likeness (QED) is 0.192. The average molecular weight is 384 g/mol. The molecular weight excluding hydrogens is 343 g/mol. The van der Waals surface area contributed by atoms with Crippen molar-refractivity contribution in [1.29, 1.82) is 0 Å². The first-order chi connectivity index (χ1) is 11.4. The fourth-order valence-corrected chi connectivity index (χ4v) is 4.88. The molecular formula is C22H40Se. The van der Waals surface area contributed by atoms with E-state index in [9.17, 15) is 0 Å². The molecule has 0 fully saturated rings. The van der Waals surface area contributed by atoms with Gasteiger partial charge >= 0.3 is 107 Å². The molecule has 1 aromatic rings. The molecule has 0 aliphatic heterocycles. The summed E-state index contributed by atoms with van der Waals surface area (Å²) in [6, 6.07) is 4.58. The van der Waals surface area contributed by atoms with Gasteiger partial charge in [-0.1, -0.05) is 45.4 Å². The zero-order chi connectivity index (χ0) is 16.4. The van der Waals surface area contributed by atoms with Gasteiger partial charge in [-0.05, 0) is 0 Å². The van der Waals surface area contributed by atoms with Crippen molar-refractivity contribution in [2.75, 3.05) is 0 Å². The molecule has 23 heavy (non-hydrogen) atoms. The van der Waals surface area contributed by atoms with Crippen molar-refractivity contribution in [2.45, 2.75) is 116 Å². The topological polar surface area (TPSA) is 0 Å². The Morgan fingerprint density at radius 3 is 1.43 bits per heavy atom. The van der Waals surface area contributed by atoms with Crippen molar-refractivity contribution < 1.29 is 0 Å². The third-order valence-corrected chi connectivity index (χ3v) is 6.82. The van der Waals surface area contributed by atoms with Gasteiger partial charge in [0.1, 0.15) is 0 Å². The molecule has 0 aromatic carbocycles. The Kier molecular flexibility index (Phi) is 15.4. The van der Waals surface area contributed by atoms with E-state index in [0.717, 1.165) is 0 Å². The molecule has 1 rings (SSSR count). The van der Waals surface area contributed by atoms with Crippen molar-refractivity contribution in [2.24, 2.45) is 0 Å². The van der Waals surface area contributed by atoms with Gasteiger partial charge in [-0.3, -0.25) is 0 Å². The van der Waals surface area contributed by atoms with Crippen LogP contribution in [0.3, 0.4) is 0 Å². The SMILES string of the molecule is CCCCCCCCCCCCCCCCCCc1ccc[se]1. The second kappa shape index (κ2) is 16.8. The standard InChI is InChI=1S/C22H40Se/c1-2-3-4-5-6-7-8-9-10-11-12-13-14-15-16-17-19-22-20-18-21-23-22/h18,20-21H,2-17,19H2,1H3. The molecule has 0 unspecified atom stereocenters. The molecule has 1 heterocycles. The molecule has 0 aliphatic rings. The molecule has 0 radical (unpaired) electrons. The van der Waals surface area contributed by atoms with E-state index in [4.69, 9.17) is 0 Å². The van der Waals surface area contributed by atoms with Crippen molar-refractivity contribution in [3.63, 3.8) is 0 Å². The fourth-order valence-electron chi connectivity index (χ4n) is 3.30. The van der Waals surface area contributed by atoms with Gasteiger partial charge in [0, 0.05) is 0 Å². The minimum atomic E-state index is 0.704. The molecule has 0 saturated carbocycles. The van der Waals surface area contributed by atoms with Gasteiger partial charge in [-0.2, -0.15) is 0 Å². The molecule has 0 N–H and O–H groups in total. The van der Waals surface area contributed by atoms with E-state index in [1.165, 1.54) is 109 Å². The molecule has 0 aliphatic carbocycles. The average Bonchev–Trinajstić information content (AvgIpc) is 3.08. The van der Waals surface area contributed by atoms with Gasteiger partial charge < -0.3 is 0 Å². The van der Waals surface area contributed by atoms with Gasteiger partial charge in [-0.25, -0.2) is 0 Å². The van der Waals surface area contributed by atoms with Crippen LogP contribution in [0.4, 0.5) is 0 Å². The van der Waals surface area contributed by atoms with E-state index in [1.807, 2.05) is 0 Å². The first kappa shape index (κ1) is 21.0. The van der Waals surface area contributed by atoms with E-state index in [0.29, 0.717) is 14.5 Å². The van der Waals surface area contributed by atoms with Crippen LogP contribution in [0.5, 0.6) is 0 Å². The predicted octanol–water partition coefficient (Wildman–Crippen LogP) is 7.55. The van der Waals surface area contributed by atoms with Crippen LogP contribution in [-0.2, 0) is 6.42 Å². The summed E-state index contributed by atoms with van der Waals surface area (Å²) < 4.78 is 1.71. The van der Waals surface area contributed by atoms with Gasteiger partial charge in [0.05, 0.1) is 0 Å². The number of rotatable bonds is 17. The van der Waals surface area contributed by atoms with Gasteiger partial charge in [0.15, 0.2) is 0 Å². The second-order valence-electron chi connectivity index (χ2n) is 7.13. The summed E-state index contributed by atoms with van der Waals surface area (Å²) >= 11 is 0.704. The van der Waals surface area contributed by atoms with E-state index >= 15 is 0 Å². The summed E-state index contributed by atoms with van der Waals surface area (Å²) in [5.41, 5.74) is 0. The molecule has 0 amide bonds. The molecule has 0 bridgehead atoms. The normalized spacial score (nSPS) is 11.2. The summed E-state index contributed by atoms with van der Waals surface area (Å²) in [7, 11) is 0. The van der Waals surface area contributed by atoms with Gasteiger partial charge in [0.25, 0.3) is 0 Å². The Hall–Kier alpha value is -0.000519. The Balaban J connectivity index is 1.67. The van der Waals surface area contributed by atoms with E-state index in [-0.39, 0.29) is 0 Å². The number of unbranched alkanes of at least 4 members (excludes halogenated alkanes) is 15. The number of hydrogen-bond acceptors (Lipinski definition) is 0. The first-order valence-corrected chi connectivity index (χ1v) is 12.3. The maximum absolute atomic E-state index is 2.34. The summed E-state index contributed by atoms with van der Waals surface area (Å²) in [5, 5.41) is 0. The molecule has 0 atom stereocenters. The monoisotopic (exact) mass is 384 g/mol. The Bertz CT molecular complexity index is 315. The Labute approximate surface area is 152 Å². The summed E-state index contributed by atoms with van der Waals surface area (Å²) in [5.74, 6) is 0. The zero-order valence-corrected chi connectivity index (χ0v) is 17.4. The van der Waals surface area contributed by atoms with Crippen LogP contribution in [0.15, 0.2) is 17.1 Å². The summed E-state index contributed by atoms with van der Waals surface area (Å²) in [6.45, 7) is 2.30. The number of aryl methyl sites for hydroxylation is 1. The molecule has 0 nitrogen and oxygen atoms in total. The number of hydrogen-bond donors (Lipinski definition) is 0. The van der Waals surface area contributed by atoms with Crippen LogP contribution >= 0.6 is 0 Å². The molecule has 134 valence electrons. The molecule has 0 spiro atoms. The Morgan fingerprint density at radius 2 is 1.04 bits per heavy atom. The van der Waals surface area contributed by atoms with Crippen molar-refractivity contribution in [1.82, 2.24) is 0 Å². The van der Waals surface area contributed by atoms with E-state index in [2.05, 4.69) is 24.0 Å². The zero-order valence-electron chi connectivity index (χ0n) is 15.7. The molecule has 1 heteroatoms. The van der Waals surface area contributed by atoms with E-state index < -0.39 is 0 Å². The van der Waals surface area contributed by atoms with Gasteiger partial charge in [0.2, 0.25) is 0 Å². The van der Waals surface area contributed by atoms with Crippen LogP contribution in [-0.4, -0.2) is 14.5 Å². The van der Waals surface area contributed by atoms with E-state index in [1.54, 1.807) is 4.44 Å². The Morgan fingerprint density at radius 1 is 0.609 bits per heavy atom. The van der Waals surface area contributed by atoms with Crippen LogP contribution in [0.25, 0.3) is 0 Å². The second-order valence-corrected chi connectivity index (χ2v) is 9.30. The molecule has 1 aromatic heterocycles. The van der Waals surface area contributed by atoms with Gasteiger partial charge in [-0.15, -0.1) is 0 Å². The van der Waals surface area contributed by atoms with Crippen molar-refractivity contribution in [3.8, 4) is 0 Å². The van der Waals surface area contributed by atoms with Crippen LogP contribution < -0.4 is 0 Å². The minimum absolute atomic E-state index is 0.704. The maximum atomic E-state index is 2.34. The van der Waals surface area contributed by atoms with Crippen molar-refractivity contribution in [3.05, 3.63) is 21.5 Å². The van der Waals surface area contributed by atoms with Crippen LogP contribution in [0.1, 0.15) is 114 Å². The van der Waals surface area contributed by atoms with Crippen molar-refractivity contribution >= 4 is 14.5 Å². The predicted molar refractivity (Wildman–Crippen MR) is 107 cm³/mol. The third-order valence-electron chi connectivity index (χ3n) is 4.86. The third kappa shape index (κ3) is 14.1. The fraction of sp³-hybridized carbons (Fsp3) is 0.818. The molecule has 0 saturated heterocycles. The van der Waals surface area contributed by atoms with Crippen LogP contribution in [0, 0.1) is 0 Å². The summed E-state index contributed by atoms with van der Waals surface area (Å²) in [4.78, 5) is 2.34. The summed E-state index contributed by atoms with van der Waals surface area (Å²) in [6.07, 6.45) is 24.8. The van der Waals surface area contributed by atoms with Crippen LogP contribution in [0.2, 0.25) is 0 Å². The first-order valence-electron chi connectivity index (χ1n) is 10.5.